The molecule has 1 atom stereocenters. The Morgan fingerprint density at radius 2 is 1.64 bits per heavy atom. The predicted molar refractivity (Wildman–Crippen MR) is 107 cm³/mol. The van der Waals surface area contributed by atoms with Crippen molar-refractivity contribution in [2.24, 2.45) is 0 Å². The van der Waals surface area contributed by atoms with Crippen LogP contribution in [-0.4, -0.2) is 30.2 Å². The molecule has 0 aliphatic heterocycles. The molecule has 150 valence electrons. The SMILES string of the molecule is CCCC[C@H](CN(C=O)OCc1ccccc1)NC(=O)OCc1ccccc1. The van der Waals surface area contributed by atoms with Crippen LogP contribution < -0.4 is 5.32 Å². The molecule has 2 aromatic carbocycles. The number of hydrogen-bond acceptors (Lipinski definition) is 4. The molecule has 0 saturated carbocycles. The Hall–Kier alpha value is -2.86. The van der Waals surface area contributed by atoms with E-state index >= 15 is 0 Å². The number of hydrogen-bond donors (Lipinski definition) is 1. The van der Waals surface area contributed by atoms with Crippen molar-refractivity contribution < 1.29 is 19.2 Å². The highest BCUT2D eigenvalue weighted by Gasteiger charge is 2.17. The Bertz CT molecular complexity index is 694. The molecule has 2 aromatic rings. The molecule has 0 bridgehead atoms. The molecular weight excluding hydrogens is 356 g/mol. The van der Waals surface area contributed by atoms with Gasteiger partial charge in [0.15, 0.2) is 0 Å². The van der Waals surface area contributed by atoms with Crippen LogP contribution >= 0.6 is 0 Å². The van der Waals surface area contributed by atoms with Crippen molar-refractivity contribution in [3.63, 3.8) is 0 Å². The summed E-state index contributed by atoms with van der Waals surface area (Å²) in [7, 11) is 0. The second-order valence-corrected chi connectivity index (χ2v) is 6.51. The van der Waals surface area contributed by atoms with E-state index in [4.69, 9.17) is 9.57 Å². The molecule has 6 heteroatoms. The van der Waals surface area contributed by atoms with Gasteiger partial charge in [-0.2, -0.15) is 0 Å². The molecule has 2 amide bonds. The number of ether oxygens (including phenoxy) is 1. The molecule has 0 aliphatic carbocycles. The van der Waals surface area contributed by atoms with Gasteiger partial charge in [-0.1, -0.05) is 80.4 Å². The minimum absolute atomic E-state index is 0.203. The van der Waals surface area contributed by atoms with Crippen LogP contribution in [0.15, 0.2) is 60.7 Å². The van der Waals surface area contributed by atoms with Gasteiger partial charge in [0, 0.05) is 0 Å². The molecule has 0 aromatic heterocycles. The minimum Gasteiger partial charge on any atom is -0.445 e. The first-order chi connectivity index (χ1) is 13.7. The molecular formula is C22H28N2O4. The second-order valence-electron chi connectivity index (χ2n) is 6.51. The Kier molecular flexibility index (Phi) is 9.58. The maximum atomic E-state index is 12.2. The molecule has 6 nitrogen and oxygen atoms in total. The fourth-order valence-electron chi connectivity index (χ4n) is 2.67. The van der Waals surface area contributed by atoms with Gasteiger partial charge in [0.05, 0.1) is 12.6 Å². The van der Waals surface area contributed by atoms with Gasteiger partial charge < -0.3 is 10.1 Å². The van der Waals surface area contributed by atoms with Crippen LogP contribution in [0.1, 0.15) is 37.3 Å². The molecule has 28 heavy (non-hydrogen) atoms. The van der Waals surface area contributed by atoms with E-state index in [1.165, 1.54) is 5.06 Å². The van der Waals surface area contributed by atoms with Crippen LogP contribution in [0.2, 0.25) is 0 Å². The van der Waals surface area contributed by atoms with E-state index in [2.05, 4.69) is 12.2 Å². The van der Waals surface area contributed by atoms with Crippen molar-refractivity contribution in [3.8, 4) is 0 Å². The lowest BCUT2D eigenvalue weighted by Crippen LogP contribution is -2.43. The number of benzene rings is 2. The van der Waals surface area contributed by atoms with Gasteiger partial charge in [0.1, 0.15) is 13.2 Å². The van der Waals surface area contributed by atoms with Gasteiger partial charge in [-0.05, 0) is 17.5 Å². The summed E-state index contributed by atoms with van der Waals surface area (Å²) in [5.41, 5.74) is 1.89. The molecule has 1 N–H and O–H groups in total. The number of carbonyl (C=O) groups is 2. The normalized spacial score (nSPS) is 11.5. The first-order valence-electron chi connectivity index (χ1n) is 9.57. The van der Waals surface area contributed by atoms with Crippen molar-refractivity contribution in [2.45, 2.75) is 45.4 Å². The molecule has 0 aliphatic rings. The average Bonchev–Trinajstić information content (AvgIpc) is 2.74. The van der Waals surface area contributed by atoms with Crippen molar-refractivity contribution in [2.75, 3.05) is 6.54 Å². The van der Waals surface area contributed by atoms with E-state index in [0.717, 1.165) is 30.4 Å². The van der Waals surface area contributed by atoms with Gasteiger partial charge in [-0.25, -0.2) is 9.86 Å². The predicted octanol–water partition coefficient (Wildman–Crippen LogP) is 4.06. The smallest absolute Gasteiger partial charge is 0.407 e. The lowest BCUT2D eigenvalue weighted by atomic mass is 10.1. The molecule has 0 unspecified atom stereocenters. The number of unbranched alkanes of at least 4 members (excludes halogenated alkanes) is 1. The number of nitrogens with zero attached hydrogens (tertiary/aromatic N) is 1. The third-order valence-corrected chi connectivity index (χ3v) is 4.20. The number of rotatable bonds is 12. The summed E-state index contributed by atoms with van der Waals surface area (Å²) in [6, 6.07) is 18.9. The Balaban J connectivity index is 1.83. The first kappa shape index (κ1) is 21.4. The standard InChI is InChI=1S/C22H28N2O4/c1-2-3-14-21(23-22(26)27-16-19-10-6-4-7-11-19)15-24(18-25)28-17-20-12-8-5-9-13-20/h4-13,18,21H,2-3,14-17H2,1H3,(H,23,26)/t21-/m1/s1. The van der Waals surface area contributed by atoms with E-state index in [1.807, 2.05) is 60.7 Å². The van der Waals surface area contributed by atoms with Crippen LogP contribution in [0.5, 0.6) is 0 Å². The summed E-state index contributed by atoms with van der Waals surface area (Å²) in [4.78, 5) is 29.1. The van der Waals surface area contributed by atoms with Crippen LogP contribution in [-0.2, 0) is 27.6 Å². The zero-order valence-corrected chi connectivity index (χ0v) is 16.3. The summed E-state index contributed by atoms with van der Waals surface area (Å²) in [5.74, 6) is 0. The average molecular weight is 384 g/mol. The van der Waals surface area contributed by atoms with Crippen molar-refractivity contribution >= 4 is 12.5 Å². The fraction of sp³-hybridized carbons (Fsp3) is 0.364. The Morgan fingerprint density at radius 3 is 2.21 bits per heavy atom. The highest BCUT2D eigenvalue weighted by atomic mass is 16.7. The van der Waals surface area contributed by atoms with Gasteiger partial charge in [-0.3, -0.25) is 9.63 Å². The van der Waals surface area contributed by atoms with Gasteiger partial charge in [0.2, 0.25) is 6.41 Å². The van der Waals surface area contributed by atoms with E-state index in [0.29, 0.717) is 13.0 Å². The highest BCUT2D eigenvalue weighted by Crippen LogP contribution is 2.07. The van der Waals surface area contributed by atoms with Gasteiger partial charge in [0.25, 0.3) is 0 Å². The summed E-state index contributed by atoms with van der Waals surface area (Å²) >= 11 is 0. The number of hydroxylamine groups is 2. The lowest BCUT2D eigenvalue weighted by molar-refractivity contribution is -0.179. The maximum absolute atomic E-state index is 12.2. The second kappa shape index (κ2) is 12.5. The molecule has 0 spiro atoms. The van der Waals surface area contributed by atoms with Crippen LogP contribution in [0.4, 0.5) is 4.79 Å². The lowest BCUT2D eigenvalue weighted by Gasteiger charge is -2.24. The third-order valence-electron chi connectivity index (χ3n) is 4.20. The largest absolute Gasteiger partial charge is 0.445 e. The van der Waals surface area contributed by atoms with Crippen molar-refractivity contribution in [1.82, 2.24) is 10.4 Å². The first-order valence-corrected chi connectivity index (χ1v) is 9.57. The van der Waals surface area contributed by atoms with Crippen molar-refractivity contribution in [1.29, 1.82) is 0 Å². The zero-order chi connectivity index (χ0) is 20.0. The van der Waals surface area contributed by atoms with Gasteiger partial charge in [-0.15, -0.1) is 0 Å². The Morgan fingerprint density at radius 1 is 1.04 bits per heavy atom. The van der Waals surface area contributed by atoms with Crippen LogP contribution in [0, 0.1) is 0 Å². The van der Waals surface area contributed by atoms with Crippen LogP contribution in [0.3, 0.4) is 0 Å². The van der Waals surface area contributed by atoms with E-state index < -0.39 is 6.09 Å². The summed E-state index contributed by atoms with van der Waals surface area (Å²) in [6.45, 7) is 2.83. The van der Waals surface area contributed by atoms with E-state index in [1.54, 1.807) is 0 Å². The molecule has 0 radical (unpaired) electrons. The zero-order valence-electron chi connectivity index (χ0n) is 16.3. The number of carbonyl (C=O) groups excluding carboxylic acids is 2. The Labute approximate surface area is 166 Å². The number of nitrogens with one attached hydrogen (secondary N) is 1. The topological polar surface area (TPSA) is 67.9 Å². The van der Waals surface area contributed by atoms with E-state index in [9.17, 15) is 9.59 Å². The van der Waals surface area contributed by atoms with E-state index in [-0.39, 0.29) is 19.2 Å². The quantitative estimate of drug-likeness (QED) is 0.443. The molecule has 0 fully saturated rings. The molecule has 2 rings (SSSR count). The minimum atomic E-state index is -0.501. The summed E-state index contributed by atoms with van der Waals surface area (Å²) in [5, 5.41) is 4.07. The summed E-state index contributed by atoms with van der Waals surface area (Å²) in [6.07, 6.45) is 2.78. The third kappa shape index (κ3) is 8.22. The highest BCUT2D eigenvalue weighted by molar-refractivity contribution is 5.67. The number of alkyl carbamates (subject to hydrolysis) is 1. The molecule has 0 heterocycles. The molecule has 0 saturated heterocycles. The van der Waals surface area contributed by atoms with Crippen LogP contribution in [0.25, 0.3) is 0 Å². The maximum Gasteiger partial charge on any atom is 0.407 e. The summed E-state index contributed by atoms with van der Waals surface area (Å²) < 4.78 is 5.29. The fourth-order valence-corrected chi connectivity index (χ4v) is 2.67. The number of amides is 2. The van der Waals surface area contributed by atoms with Crippen molar-refractivity contribution in [3.05, 3.63) is 71.8 Å². The van der Waals surface area contributed by atoms with Gasteiger partial charge >= 0.3 is 6.09 Å². The monoisotopic (exact) mass is 384 g/mol.